The first kappa shape index (κ1) is 12.5. The molecule has 0 aliphatic rings. The summed E-state index contributed by atoms with van der Waals surface area (Å²) in [5, 5.41) is 11.6. The number of rotatable bonds is 4. The highest BCUT2D eigenvalue weighted by Gasteiger charge is 2.07. The number of hydrogen-bond acceptors (Lipinski definition) is 3. The van der Waals surface area contributed by atoms with Crippen molar-refractivity contribution in [3.05, 3.63) is 40.4 Å². The molecule has 0 fully saturated rings. The van der Waals surface area contributed by atoms with Gasteiger partial charge in [-0.25, -0.2) is 4.79 Å². The summed E-state index contributed by atoms with van der Waals surface area (Å²) in [5.41, 5.74) is 3.43. The van der Waals surface area contributed by atoms with Gasteiger partial charge in [0.1, 0.15) is 5.03 Å². The van der Waals surface area contributed by atoms with Gasteiger partial charge in [-0.05, 0) is 12.1 Å². The largest absolute Gasteiger partial charge is 0.477 e. The maximum absolute atomic E-state index is 10.4. The van der Waals surface area contributed by atoms with Crippen LogP contribution in [0.4, 0.5) is 5.69 Å². The summed E-state index contributed by atoms with van der Waals surface area (Å²) >= 11 is 10.9. The first-order valence-electron chi connectivity index (χ1n) is 4.24. The van der Waals surface area contributed by atoms with E-state index in [-0.39, 0.29) is 5.03 Å². The molecule has 0 aliphatic heterocycles. The average Bonchev–Trinajstić information content (AvgIpc) is 2.29. The topological polar surface area (TPSA) is 61.7 Å². The number of aliphatic carboxylic acids is 1. The average molecular weight is 259 g/mol. The molecule has 4 nitrogen and oxygen atoms in total. The van der Waals surface area contributed by atoms with E-state index in [9.17, 15) is 4.79 Å². The van der Waals surface area contributed by atoms with Crippen LogP contribution in [0.2, 0.25) is 0 Å². The van der Waals surface area contributed by atoms with E-state index < -0.39 is 11.0 Å². The molecule has 0 saturated heterocycles. The second-order valence-electron chi connectivity index (χ2n) is 2.70. The Bertz CT molecular complexity index is 430. The number of benzene rings is 1. The molecule has 1 aromatic rings. The van der Waals surface area contributed by atoms with Crippen LogP contribution in [-0.2, 0) is 4.79 Å². The van der Waals surface area contributed by atoms with E-state index in [2.05, 4.69) is 10.5 Å². The SMILES string of the molecule is O=C(O)/C(Cl)=C(Cl)/C=N/Nc1ccccc1. The fourth-order valence-corrected chi connectivity index (χ4v) is 1.01. The molecular weight excluding hydrogens is 251 g/mol. The van der Waals surface area contributed by atoms with E-state index in [1.165, 1.54) is 0 Å². The first-order valence-corrected chi connectivity index (χ1v) is 4.99. The lowest BCUT2D eigenvalue weighted by atomic mass is 10.3. The Hall–Kier alpha value is -1.52. The van der Waals surface area contributed by atoms with E-state index in [4.69, 9.17) is 28.3 Å². The van der Waals surface area contributed by atoms with Crippen molar-refractivity contribution in [3.63, 3.8) is 0 Å². The number of halogens is 2. The third-order valence-electron chi connectivity index (χ3n) is 1.54. The molecule has 0 unspecified atom stereocenters. The van der Waals surface area contributed by atoms with Crippen molar-refractivity contribution >= 4 is 41.1 Å². The van der Waals surface area contributed by atoms with E-state index in [1.54, 1.807) is 12.1 Å². The molecule has 0 bridgehead atoms. The zero-order chi connectivity index (χ0) is 12.0. The number of hydrazone groups is 1. The van der Waals surface area contributed by atoms with Gasteiger partial charge in [0, 0.05) is 0 Å². The minimum atomic E-state index is -1.29. The number of carboxylic acids is 1. The Kier molecular flexibility index (Phi) is 4.82. The number of carboxylic acid groups (broad SMARTS) is 1. The van der Waals surface area contributed by atoms with Crippen molar-refractivity contribution < 1.29 is 9.90 Å². The van der Waals surface area contributed by atoms with Gasteiger partial charge >= 0.3 is 5.97 Å². The fourth-order valence-electron chi connectivity index (χ4n) is 0.835. The maximum atomic E-state index is 10.4. The first-order chi connectivity index (χ1) is 7.61. The molecule has 0 aliphatic carbocycles. The van der Waals surface area contributed by atoms with Crippen molar-refractivity contribution in [2.24, 2.45) is 5.10 Å². The summed E-state index contributed by atoms with van der Waals surface area (Å²) in [7, 11) is 0. The van der Waals surface area contributed by atoms with Gasteiger partial charge in [0.05, 0.1) is 16.9 Å². The van der Waals surface area contributed by atoms with Crippen molar-refractivity contribution in [3.8, 4) is 0 Å². The Morgan fingerprint density at radius 3 is 2.50 bits per heavy atom. The number of nitrogens with zero attached hydrogens (tertiary/aromatic N) is 1. The minimum absolute atomic E-state index is 0.141. The summed E-state index contributed by atoms with van der Waals surface area (Å²) in [5.74, 6) is -1.29. The van der Waals surface area contributed by atoms with Crippen LogP contribution in [0.5, 0.6) is 0 Å². The molecule has 84 valence electrons. The quantitative estimate of drug-likeness (QED) is 0.496. The van der Waals surface area contributed by atoms with Crippen LogP contribution >= 0.6 is 23.2 Å². The van der Waals surface area contributed by atoms with Crippen LogP contribution in [0.15, 0.2) is 45.5 Å². The lowest BCUT2D eigenvalue weighted by Gasteiger charge is -1.98. The van der Waals surface area contributed by atoms with Crippen LogP contribution in [0.25, 0.3) is 0 Å². The highest BCUT2D eigenvalue weighted by molar-refractivity contribution is 6.51. The number of allylic oxidation sites excluding steroid dienone is 1. The number of anilines is 1. The molecule has 2 N–H and O–H groups in total. The standard InChI is InChI=1S/C10H8Cl2N2O2/c11-8(9(12)10(15)16)6-13-14-7-4-2-1-3-5-7/h1-6,14H,(H,15,16)/b9-8+,13-6+. The molecule has 1 aromatic carbocycles. The van der Waals surface area contributed by atoms with Crippen LogP contribution in [-0.4, -0.2) is 17.3 Å². The second-order valence-corrected chi connectivity index (χ2v) is 3.49. The molecule has 0 spiro atoms. The zero-order valence-electron chi connectivity index (χ0n) is 8.02. The van der Waals surface area contributed by atoms with E-state index in [0.29, 0.717) is 0 Å². The smallest absolute Gasteiger partial charge is 0.348 e. The minimum Gasteiger partial charge on any atom is -0.477 e. The number of nitrogens with one attached hydrogen (secondary N) is 1. The molecule has 0 atom stereocenters. The normalized spacial score (nSPS) is 12.4. The highest BCUT2D eigenvalue weighted by Crippen LogP contribution is 2.12. The number of para-hydroxylation sites is 1. The molecular formula is C10H8Cl2N2O2. The monoisotopic (exact) mass is 258 g/mol. The summed E-state index contributed by atoms with van der Waals surface area (Å²) < 4.78 is 0. The zero-order valence-corrected chi connectivity index (χ0v) is 9.53. The van der Waals surface area contributed by atoms with Gasteiger partial charge < -0.3 is 5.11 Å². The lowest BCUT2D eigenvalue weighted by Crippen LogP contribution is -1.97. The van der Waals surface area contributed by atoms with Gasteiger partial charge in [0.15, 0.2) is 0 Å². The summed E-state index contributed by atoms with van der Waals surface area (Å²) in [6.07, 6.45) is 1.13. The van der Waals surface area contributed by atoms with Crippen LogP contribution in [0, 0.1) is 0 Å². The Labute approximate surface area is 102 Å². The van der Waals surface area contributed by atoms with E-state index >= 15 is 0 Å². The predicted molar refractivity (Wildman–Crippen MR) is 64.9 cm³/mol. The fraction of sp³-hybridized carbons (Fsp3) is 0. The van der Waals surface area contributed by atoms with Crippen LogP contribution in [0.1, 0.15) is 0 Å². The van der Waals surface area contributed by atoms with Gasteiger partial charge in [-0.2, -0.15) is 5.10 Å². The molecule has 0 saturated carbocycles. The number of hydrogen-bond donors (Lipinski definition) is 2. The molecule has 0 amide bonds. The molecule has 0 radical (unpaired) electrons. The molecule has 16 heavy (non-hydrogen) atoms. The molecule has 6 heteroatoms. The van der Waals surface area contributed by atoms with Crippen molar-refractivity contribution in [2.45, 2.75) is 0 Å². The van der Waals surface area contributed by atoms with E-state index in [1.807, 2.05) is 18.2 Å². The lowest BCUT2D eigenvalue weighted by molar-refractivity contribution is -0.131. The van der Waals surface area contributed by atoms with Gasteiger partial charge in [0.25, 0.3) is 0 Å². The molecule has 1 rings (SSSR count). The van der Waals surface area contributed by atoms with Gasteiger partial charge in [-0.3, -0.25) is 5.43 Å². The Morgan fingerprint density at radius 2 is 1.94 bits per heavy atom. The third-order valence-corrected chi connectivity index (χ3v) is 2.29. The molecule has 0 aromatic heterocycles. The Morgan fingerprint density at radius 1 is 1.31 bits per heavy atom. The maximum Gasteiger partial charge on any atom is 0.348 e. The summed E-state index contributed by atoms with van der Waals surface area (Å²) in [6.45, 7) is 0. The van der Waals surface area contributed by atoms with Gasteiger partial charge in [-0.15, -0.1) is 0 Å². The number of carbonyl (C=O) groups is 1. The van der Waals surface area contributed by atoms with Crippen molar-refractivity contribution in [1.82, 2.24) is 0 Å². The van der Waals surface area contributed by atoms with Crippen LogP contribution in [0.3, 0.4) is 0 Å². The van der Waals surface area contributed by atoms with Crippen molar-refractivity contribution in [1.29, 1.82) is 0 Å². The van der Waals surface area contributed by atoms with Crippen LogP contribution < -0.4 is 5.43 Å². The summed E-state index contributed by atoms with van der Waals surface area (Å²) in [6, 6.07) is 9.13. The Balaban J connectivity index is 2.63. The van der Waals surface area contributed by atoms with E-state index in [0.717, 1.165) is 11.9 Å². The second kappa shape index (κ2) is 6.15. The summed E-state index contributed by atoms with van der Waals surface area (Å²) in [4.78, 5) is 10.4. The third kappa shape index (κ3) is 3.92. The predicted octanol–water partition coefficient (Wildman–Crippen LogP) is 2.86. The highest BCUT2D eigenvalue weighted by atomic mass is 35.5. The van der Waals surface area contributed by atoms with Gasteiger partial charge in [-0.1, -0.05) is 41.4 Å². The van der Waals surface area contributed by atoms with Gasteiger partial charge in [0.2, 0.25) is 0 Å². The molecule has 0 heterocycles. The van der Waals surface area contributed by atoms with Crippen molar-refractivity contribution in [2.75, 3.05) is 5.43 Å².